The summed E-state index contributed by atoms with van der Waals surface area (Å²) in [4.78, 5) is 32.5. The number of nitro groups is 1. The molecular formula is C12H14N2O5. The van der Waals surface area contributed by atoms with Crippen LogP contribution in [0.4, 0.5) is 11.4 Å². The number of anilines is 1. The summed E-state index contributed by atoms with van der Waals surface area (Å²) in [7, 11) is 0. The number of benzene rings is 1. The van der Waals surface area contributed by atoms with E-state index in [-0.39, 0.29) is 29.3 Å². The average Bonchev–Trinajstić information content (AvgIpc) is 2.35. The van der Waals surface area contributed by atoms with Crippen LogP contribution >= 0.6 is 0 Å². The van der Waals surface area contributed by atoms with Crippen LogP contribution in [0.15, 0.2) is 18.2 Å². The highest BCUT2D eigenvalue weighted by Crippen LogP contribution is 2.23. The van der Waals surface area contributed by atoms with Crippen LogP contribution in [0, 0.1) is 10.1 Å². The molecule has 0 atom stereocenters. The minimum absolute atomic E-state index is 0.0530. The van der Waals surface area contributed by atoms with Crippen LogP contribution in [0.1, 0.15) is 36.5 Å². The van der Waals surface area contributed by atoms with E-state index in [9.17, 15) is 19.7 Å². The second-order valence-corrected chi connectivity index (χ2v) is 3.94. The molecule has 1 aromatic carbocycles. The molecule has 0 heterocycles. The third-order valence-corrected chi connectivity index (χ3v) is 2.48. The second kappa shape index (κ2) is 6.48. The van der Waals surface area contributed by atoms with Crippen LogP contribution in [-0.2, 0) is 4.79 Å². The molecule has 0 aliphatic carbocycles. The van der Waals surface area contributed by atoms with Crippen molar-refractivity contribution in [2.45, 2.75) is 26.2 Å². The summed E-state index contributed by atoms with van der Waals surface area (Å²) in [6.07, 6.45) is 1.75. The maximum absolute atomic E-state index is 11.6. The van der Waals surface area contributed by atoms with E-state index in [0.717, 1.165) is 24.6 Å². The van der Waals surface area contributed by atoms with Crippen molar-refractivity contribution < 1.29 is 19.6 Å². The largest absolute Gasteiger partial charge is 0.478 e. The summed E-state index contributed by atoms with van der Waals surface area (Å²) in [5, 5.41) is 22.0. The summed E-state index contributed by atoms with van der Waals surface area (Å²) in [6.45, 7) is 1.92. The van der Waals surface area contributed by atoms with E-state index in [1.807, 2.05) is 6.92 Å². The number of unbranched alkanes of at least 4 members (excludes halogenated alkanes) is 1. The number of aromatic carboxylic acids is 1. The van der Waals surface area contributed by atoms with Crippen molar-refractivity contribution in [1.29, 1.82) is 0 Å². The zero-order chi connectivity index (χ0) is 14.4. The molecule has 1 rings (SSSR count). The van der Waals surface area contributed by atoms with E-state index in [2.05, 4.69) is 5.32 Å². The average molecular weight is 266 g/mol. The third-order valence-electron chi connectivity index (χ3n) is 2.48. The Labute approximate surface area is 109 Å². The summed E-state index contributed by atoms with van der Waals surface area (Å²) < 4.78 is 0. The number of carboxylic acids is 1. The van der Waals surface area contributed by atoms with Crippen molar-refractivity contribution in [3.63, 3.8) is 0 Å². The summed E-state index contributed by atoms with van der Waals surface area (Å²) in [5.41, 5.74) is -0.492. The zero-order valence-electron chi connectivity index (χ0n) is 10.4. The molecule has 0 bridgehead atoms. The first-order valence-corrected chi connectivity index (χ1v) is 5.77. The highest BCUT2D eigenvalue weighted by atomic mass is 16.6. The Morgan fingerprint density at radius 1 is 1.42 bits per heavy atom. The molecule has 0 aliphatic rings. The van der Waals surface area contributed by atoms with Crippen LogP contribution in [0.5, 0.6) is 0 Å². The molecule has 0 spiro atoms. The van der Waals surface area contributed by atoms with E-state index in [1.54, 1.807) is 0 Å². The Hall–Kier alpha value is -2.44. The number of carbonyl (C=O) groups is 2. The fraction of sp³-hybridized carbons (Fsp3) is 0.333. The Bertz CT molecular complexity index is 513. The van der Waals surface area contributed by atoms with Crippen molar-refractivity contribution in [1.82, 2.24) is 0 Å². The summed E-state index contributed by atoms with van der Waals surface area (Å²) in [6, 6.07) is 3.24. The fourth-order valence-electron chi connectivity index (χ4n) is 1.49. The monoisotopic (exact) mass is 266 g/mol. The molecular weight excluding hydrogens is 252 g/mol. The van der Waals surface area contributed by atoms with E-state index in [0.29, 0.717) is 6.42 Å². The predicted molar refractivity (Wildman–Crippen MR) is 68.2 cm³/mol. The topological polar surface area (TPSA) is 110 Å². The smallest absolute Gasteiger partial charge is 0.337 e. The van der Waals surface area contributed by atoms with Gasteiger partial charge < -0.3 is 10.4 Å². The quantitative estimate of drug-likeness (QED) is 0.607. The molecule has 7 nitrogen and oxygen atoms in total. The van der Waals surface area contributed by atoms with Crippen molar-refractivity contribution in [2.24, 2.45) is 0 Å². The Balaban J connectivity index is 3.01. The van der Waals surface area contributed by atoms with Crippen LogP contribution < -0.4 is 5.32 Å². The van der Waals surface area contributed by atoms with Gasteiger partial charge in [0.05, 0.1) is 16.2 Å². The van der Waals surface area contributed by atoms with Crippen molar-refractivity contribution in [2.75, 3.05) is 5.32 Å². The first-order chi connectivity index (χ1) is 8.95. The van der Waals surface area contributed by atoms with Crippen molar-refractivity contribution in [3.8, 4) is 0 Å². The van der Waals surface area contributed by atoms with Gasteiger partial charge in [-0.3, -0.25) is 14.9 Å². The van der Waals surface area contributed by atoms with E-state index in [4.69, 9.17) is 5.11 Å². The van der Waals surface area contributed by atoms with E-state index >= 15 is 0 Å². The molecule has 0 radical (unpaired) electrons. The van der Waals surface area contributed by atoms with Crippen LogP contribution in [0.3, 0.4) is 0 Å². The number of nitrogens with zero attached hydrogens (tertiary/aromatic N) is 1. The number of hydrogen-bond donors (Lipinski definition) is 2. The van der Waals surface area contributed by atoms with Gasteiger partial charge in [-0.05, 0) is 12.5 Å². The van der Waals surface area contributed by atoms with Gasteiger partial charge in [0, 0.05) is 18.6 Å². The molecule has 7 heteroatoms. The molecule has 102 valence electrons. The predicted octanol–water partition coefficient (Wildman–Crippen LogP) is 2.42. The van der Waals surface area contributed by atoms with Gasteiger partial charge in [0.1, 0.15) is 0 Å². The normalized spacial score (nSPS) is 9.95. The minimum atomic E-state index is -1.25. The highest BCUT2D eigenvalue weighted by Gasteiger charge is 2.16. The maximum Gasteiger partial charge on any atom is 0.337 e. The number of rotatable bonds is 6. The van der Waals surface area contributed by atoms with Crippen LogP contribution in [-0.4, -0.2) is 21.9 Å². The number of carboxylic acid groups (broad SMARTS) is 1. The van der Waals surface area contributed by atoms with Gasteiger partial charge >= 0.3 is 5.97 Å². The van der Waals surface area contributed by atoms with Gasteiger partial charge in [0.15, 0.2) is 0 Å². The number of nitrogens with one attached hydrogen (secondary N) is 1. The number of amides is 1. The highest BCUT2D eigenvalue weighted by molar-refractivity contribution is 6.01. The van der Waals surface area contributed by atoms with Crippen molar-refractivity contribution >= 4 is 23.3 Å². The van der Waals surface area contributed by atoms with E-state index < -0.39 is 10.9 Å². The number of hydrogen-bond acceptors (Lipinski definition) is 4. The first kappa shape index (κ1) is 14.6. The molecule has 0 unspecified atom stereocenters. The Kier molecular flexibility index (Phi) is 4.99. The van der Waals surface area contributed by atoms with Gasteiger partial charge in [0.2, 0.25) is 5.91 Å². The van der Waals surface area contributed by atoms with E-state index in [1.165, 1.54) is 0 Å². The molecule has 0 saturated heterocycles. The number of nitro benzene ring substituents is 1. The fourth-order valence-corrected chi connectivity index (χ4v) is 1.49. The van der Waals surface area contributed by atoms with Crippen molar-refractivity contribution in [3.05, 3.63) is 33.9 Å². The van der Waals surface area contributed by atoms with Crippen LogP contribution in [0.2, 0.25) is 0 Å². The second-order valence-electron chi connectivity index (χ2n) is 3.94. The van der Waals surface area contributed by atoms with Gasteiger partial charge in [-0.2, -0.15) is 0 Å². The first-order valence-electron chi connectivity index (χ1n) is 5.77. The van der Waals surface area contributed by atoms with Gasteiger partial charge in [-0.25, -0.2) is 4.79 Å². The molecule has 1 amide bonds. The minimum Gasteiger partial charge on any atom is -0.478 e. The lowest BCUT2D eigenvalue weighted by molar-refractivity contribution is -0.384. The molecule has 1 aromatic rings. The lowest BCUT2D eigenvalue weighted by atomic mass is 10.1. The number of carbonyl (C=O) groups excluding carboxylic acids is 1. The molecule has 19 heavy (non-hydrogen) atoms. The number of non-ortho nitro benzene ring substituents is 1. The molecule has 0 fully saturated rings. The SMILES string of the molecule is CCCCC(=O)Nc1cc([N+](=O)[O-])ccc1C(=O)O. The molecule has 2 N–H and O–H groups in total. The molecule has 0 saturated carbocycles. The summed E-state index contributed by atoms with van der Waals surface area (Å²) in [5.74, 6) is -1.61. The van der Waals surface area contributed by atoms with Gasteiger partial charge in [-0.1, -0.05) is 13.3 Å². The Morgan fingerprint density at radius 3 is 2.63 bits per heavy atom. The zero-order valence-corrected chi connectivity index (χ0v) is 10.4. The standard InChI is InChI=1S/C12H14N2O5/c1-2-3-4-11(15)13-10-7-8(14(18)19)5-6-9(10)12(16)17/h5-7H,2-4H2,1H3,(H,13,15)(H,16,17). The molecule has 0 aromatic heterocycles. The lowest BCUT2D eigenvalue weighted by Crippen LogP contribution is -2.14. The van der Waals surface area contributed by atoms with Gasteiger partial charge in [0.25, 0.3) is 5.69 Å². The maximum atomic E-state index is 11.6. The summed E-state index contributed by atoms with van der Waals surface area (Å²) >= 11 is 0. The Morgan fingerprint density at radius 2 is 2.11 bits per heavy atom. The lowest BCUT2D eigenvalue weighted by Gasteiger charge is -2.08. The van der Waals surface area contributed by atoms with Gasteiger partial charge in [-0.15, -0.1) is 0 Å². The third kappa shape index (κ3) is 4.06. The molecule has 0 aliphatic heterocycles. The van der Waals surface area contributed by atoms with Crippen LogP contribution in [0.25, 0.3) is 0 Å².